The normalized spacial score (nSPS) is 31.8. The largest absolute Gasteiger partial charge is 0.490 e. The zero-order valence-corrected chi connectivity index (χ0v) is 35.7. The lowest BCUT2D eigenvalue weighted by Gasteiger charge is -2.30. The molecule has 0 radical (unpaired) electrons. The van der Waals surface area contributed by atoms with Gasteiger partial charge in [-0.2, -0.15) is 4.98 Å². The number of pyridine rings is 1. The van der Waals surface area contributed by atoms with Gasteiger partial charge in [-0.3, -0.25) is 9.59 Å². The van der Waals surface area contributed by atoms with E-state index in [0.717, 1.165) is 38.5 Å². The summed E-state index contributed by atoms with van der Waals surface area (Å²) >= 11 is 6.95. The monoisotopic (exact) mass is 862 g/mol. The van der Waals surface area contributed by atoms with Crippen LogP contribution >= 0.6 is 11.6 Å². The molecule has 5 atom stereocenters. The standard InChI is InChI=1S/C44H55ClN6O10/c1-24(2)46-40-48-31(21-59-40)30-16-34(28-11-12-33(58-14-13-57-3)35(45)36(28)47-30)60-26-15-32-37(52)50-44(39(54)55)17-25(44)9-7-5-4-6-8-10-29(38(53)51(32)20-26)49-41(56)61-27-18-42-22-43(42,19-27)23-42/h11-12,16,21,24-27,29,32H,4-10,13-15,17-20,22-23H2,1-3H3,(H,46,48)(H,49,56)(H,50,52)(H,54,55)/t25-,26-,27?,29+,32+,42?,43?,44-/m1/s1. The van der Waals surface area contributed by atoms with Crippen LogP contribution in [0.15, 0.2) is 28.9 Å². The molecule has 3 aromatic rings. The van der Waals surface area contributed by atoms with Gasteiger partial charge in [-0.1, -0.05) is 43.7 Å². The molecule has 16 nitrogen and oxygen atoms in total. The average molecular weight is 863 g/mol. The number of benzene rings is 1. The molecule has 2 aromatic heterocycles. The topological polar surface area (TPSA) is 204 Å². The highest BCUT2D eigenvalue weighted by Gasteiger charge is 2.86. The molecular weight excluding hydrogens is 808 g/mol. The maximum absolute atomic E-state index is 14.8. The van der Waals surface area contributed by atoms with Crippen LogP contribution in [0.4, 0.5) is 10.8 Å². The zero-order chi connectivity index (χ0) is 42.7. The maximum Gasteiger partial charge on any atom is 0.408 e. The van der Waals surface area contributed by atoms with Gasteiger partial charge in [0.1, 0.15) is 64.9 Å². The molecule has 4 aliphatic carbocycles. The third kappa shape index (κ3) is 8.05. The fourth-order valence-corrected chi connectivity index (χ4v) is 10.7. The van der Waals surface area contributed by atoms with Crippen molar-refractivity contribution in [3.05, 3.63) is 29.5 Å². The first-order valence-corrected chi connectivity index (χ1v) is 22.2. The highest BCUT2D eigenvalue weighted by atomic mass is 35.5. The van der Waals surface area contributed by atoms with Gasteiger partial charge < -0.3 is 49.3 Å². The number of oxazole rings is 1. The van der Waals surface area contributed by atoms with Crippen molar-refractivity contribution in [1.82, 2.24) is 25.5 Å². The number of carboxylic acid groups (broad SMARTS) is 1. The number of alkyl carbamates (subject to hydrolysis) is 1. The van der Waals surface area contributed by atoms with Crippen LogP contribution in [0.1, 0.15) is 97.3 Å². The van der Waals surface area contributed by atoms with Crippen LogP contribution in [0.3, 0.4) is 0 Å². The molecule has 6 aliphatic rings. The van der Waals surface area contributed by atoms with E-state index in [4.69, 9.17) is 39.9 Å². The second-order valence-electron chi connectivity index (χ2n) is 18.5. The molecule has 2 saturated heterocycles. The number of methoxy groups -OCH3 is 1. The Bertz CT molecular complexity index is 2190. The van der Waals surface area contributed by atoms with Gasteiger partial charge in [-0.25, -0.2) is 14.6 Å². The summed E-state index contributed by atoms with van der Waals surface area (Å²) < 4.78 is 29.4. The minimum absolute atomic E-state index is 0.0151. The molecule has 0 unspecified atom stereocenters. The molecule has 17 heteroatoms. The first-order valence-electron chi connectivity index (χ1n) is 21.8. The summed E-state index contributed by atoms with van der Waals surface area (Å²) in [5.74, 6) is -1.55. The molecule has 328 valence electrons. The minimum Gasteiger partial charge on any atom is -0.490 e. The number of amides is 3. The van der Waals surface area contributed by atoms with Crippen LogP contribution in [0, 0.1) is 16.7 Å². The number of carbonyl (C=O) groups is 4. The number of ether oxygens (including phenoxy) is 4. The Balaban J connectivity index is 1.02. The van der Waals surface area contributed by atoms with Gasteiger partial charge in [0.2, 0.25) is 11.8 Å². The summed E-state index contributed by atoms with van der Waals surface area (Å²) in [6.45, 7) is 4.51. The Labute approximate surface area is 359 Å². The van der Waals surface area contributed by atoms with E-state index in [1.54, 1.807) is 25.3 Å². The Morgan fingerprint density at radius 3 is 2.49 bits per heavy atom. The van der Waals surface area contributed by atoms with Crippen molar-refractivity contribution in [2.45, 2.75) is 133 Å². The molecule has 4 N–H and O–H groups in total. The van der Waals surface area contributed by atoms with Gasteiger partial charge >= 0.3 is 12.1 Å². The van der Waals surface area contributed by atoms with E-state index in [9.17, 15) is 24.3 Å². The molecule has 4 heterocycles. The van der Waals surface area contributed by atoms with E-state index in [-0.39, 0.29) is 42.7 Å². The number of carbonyl (C=O) groups excluding carboxylic acids is 3. The summed E-state index contributed by atoms with van der Waals surface area (Å²) in [6.07, 6.45) is 9.74. The van der Waals surface area contributed by atoms with Crippen molar-refractivity contribution in [2.75, 3.05) is 32.2 Å². The Morgan fingerprint density at radius 1 is 1.00 bits per heavy atom. The van der Waals surface area contributed by atoms with Crippen molar-refractivity contribution in [3.63, 3.8) is 0 Å². The second kappa shape index (κ2) is 16.1. The van der Waals surface area contributed by atoms with Crippen molar-refractivity contribution in [1.29, 1.82) is 0 Å². The summed E-state index contributed by atoms with van der Waals surface area (Å²) in [5, 5.41) is 20.1. The first kappa shape index (κ1) is 41.5. The lowest BCUT2D eigenvalue weighted by molar-refractivity contribution is -0.146. The predicted octanol–water partition coefficient (Wildman–Crippen LogP) is 6.48. The molecule has 4 saturated carbocycles. The third-order valence-electron chi connectivity index (χ3n) is 13.9. The Kier molecular flexibility index (Phi) is 11.0. The van der Waals surface area contributed by atoms with Gasteiger partial charge in [-0.15, -0.1) is 0 Å². The number of hydrogen-bond acceptors (Lipinski definition) is 12. The van der Waals surface area contributed by atoms with Crippen LogP contribution in [0.2, 0.25) is 5.02 Å². The number of halogens is 1. The summed E-state index contributed by atoms with van der Waals surface area (Å²) in [6, 6.07) is 3.54. The second-order valence-corrected chi connectivity index (χ2v) is 18.9. The van der Waals surface area contributed by atoms with Crippen LogP contribution in [-0.4, -0.2) is 107 Å². The number of carboxylic acids is 1. The van der Waals surface area contributed by atoms with Gasteiger partial charge in [0.25, 0.3) is 6.01 Å². The fraction of sp³-hybridized carbons (Fsp3) is 0.636. The number of fused-ring (bicyclic) bond motifs is 3. The number of anilines is 1. The van der Waals surface area contributed by atoms with Crippen LogP contribution in [0.25, 0.3) is 22.3 Å². The third-order valence-corrected chi connectivity index (χ3v) is 14.3. The summed E-state index contributed by atoms with van der Waals surface area (Å²) in [5.41, 5.74) is 0.508. The number of hydrogen-bond donors (Lipinski definition) is 4. The van der Waals surface area contributed by atoms with E-state index in [1.807, 2.05) is 13.8 Å². The van der Waals surface area contributed by atoms with Gasteiger partial charge in [0.15, 0.2) is 0 Å². The number of aliphatic carboxylic acids is 1. The summed E-state index contributed by atoms with van der Waals surface area (Å²) in [7, 11) is 1.58. The van der Waals surface area contributed by atoms with Gasteiger partial charge in [-0.05, 0) is 87.7 Å². The van der Waals surface area contributed by atoms with E-state index < -0.39 is 47.6 Å². The molecule has 3 amide bonds. The zero-order valence-electron chi connectivity index (χ0n) is 34.9. The van der Waals surface area contributed by atoms with Gasteiger partial charge in [0, 0.05) is 31.0 Å². The highest BCUT2D eigenvalue weighted by molar-refractivity contribution is 6.36. The first-order chi connectivity index (χ1) is 29.3. The van der Waals surface area contributed by atoms with Crippen molar-refractivity contribution >= 4 is 52.4 Å². The molecule has 0 bridgehead atoms. The van der Waals surface area contributed by atoms with Crippen molar-refractivity contribution in [2.24, 2.45) is 16.7 Å². The molecule has 61 heavy (non-hydrogen) atoms. The quantitative estimate of drug-likeness (QED) is 0.144. The van der Waals surface area contributed by atoms with Crippen LogP contribution in [0.5, 0.6) is 11.5 Å². The average Bonchev–Trinajstić information content (AvgIpc) is 3.98. The molecule has 9 rings (SSSR count). The highest BCUT2D eigenvalue weighted by Crippen LogP contribution is 2.93. The molecular formula is C44H55ClN6O10. The lowest BCUT2D eigenvalue weighted by Crippen LogP contribution is -2.56. The predicted molar refractivity (Wildman–Crippen MR) is 222 cm³/mol. The van der Waals surface area contributed by atoms with Gasteiger partial charge in [0.05, 0.1) is 24.4 Å². The number of aromatic nitrogens is 2. The maximum atomic E-state index is 14.8. The van der Waals surface area contributed by atoms with Crippen molar-refractivity contribution < 1.29 is 47.6 Å². The van der Waals surface area contributed by atoms with Crippen LogP contribution < -0.4 is 25.4 Å². The number of nitrogens with one attached hydrogen (secondary N) is 3. The number of rotatable bonds is 12. The van der Waals surface area contributed by atoms with E-state index in [2.05, 4.69) is 20.9 Å². The number of nitrogens with zero attached hydrogens (tertiary/aromatic N) is 3. The Hall–Kier alpha value is -4.83. The summed E-state index contributed by atoms with van der Waals surface area (Å²) in [4.78, 5) is 66.1. The molecule has 2 aliphatic heterocycles. The van der Waals surface area contributed by atoms with E-state index >= 15 is 0 Å². The van der Waals surface area contributed by atoms with Crippen LogP contribution in [-0.2, 0) is 23.9 Å². The lowest BCUT2D eigenvalue weighted by atomic mass is 9.98. The Morgan fingerprint density at radius 2 is 1.75 bits per heavy atom. The molecule has 1 aromatic carbocycles. The molecule has 6 fully saturated rings. The minimum atomic E-state index is -1.40. The van der Waals surface area contributed by atoms with Crippen molar-refractivity contribution in [3.8, 4) is 22.9 Å². The molecule has 0 spiro atoms. The smallest absolute Gasteiger partial charge is 0.408 e. The fourth-order valence-electron chi connectivity index (χ4n) is 10.5. The van der Waals surface area contributed by atoms with E-state index in [0.29, 0.717) is 82.9 Å². The SMILES string of the molecule is COCCOc1ccc2c(O[C@@H]3C[C@H]4C(=O)N[C@]5(C(=O)O)C[C@H]5CCCCCCC[C@H](NC(=O)OC5CC67CC6(C5)C7)C(=O)N4C3)cc(-c3coc(NC(C)C)n3)nc2c1Cl. The van der Waals surface area contributed by atoms with E-state index in [1.165, 1.54) is 24.0 Å².